The molecule has 3 rings (SSSR count). The van der Waals surface area contributed by atoms with Crippen molar-refractivity contribution in [3.63, 3.8) is 0 Å². The zero-order valence-electron chi connectivity index (χ0n) is 15.8. The molecule has 0 aliphatic heterocycles. The van der Waals surface area contributed by atoms with Gasteiger partial charge in [0.05, 0.1) is 12.2 Å². The third-order valence-corrected chi connectivity index (χ3v) is 4.49. The second kappa shape index (κ2) is 8.48. The Balaban J connectivity index is 2.05. The summed E-state index contributed by atoms with van der Waals surface area (Å²) in [6.45, 7) is 4.20. The molecule has 5 heteroatoms. The number of Topliss-reactive ketones (excluding diaryl/α,β-unsaturated/α-hetero) is 1. The van der Waals surface area contributed by atoms with Crippen LogP contribution in [0.2, 0.25) is 0 Å². The van der Waals surface area contributed by atoms with E-state index in [1.165, 1.54) is 6.08 Å². The lowest BCUT2D eigenvalue weighted by Gasteiger charge is -2.20. The first-order chi connectivity index (χ1) is 13.5. The first kappa shape index (κ1) is 19.3. The smallest absolute Gasteiger partial charge is 0.340 e. The Morgan fingerprint density at radius 3 is 2.29 bits per heavy atom. The van der Waals surface area contributed by atoms with E-state index in [9.17, 15) is 14.4 Å². The Morgan fingerprint density at radius 2 is 1.61 bits per heavy atom. The molecule has 0 saturated heterocycles. The molecular weight excluding hydrogens is 354 g/mol. The molecule has 0 amide bonds. The minimum absolute atomic E-state index is 0.204. The van der Waals surface area contributed by atoms with Crippen molar-refractivity contribution in [3.05, 3.63) is 88.6 Å². The number of fused-ring (bicyclic) bond motifs is 1. The summed E-state index contributed by atoms with van der Waals surface area (Å²) >= 11 is 0. The number of nitrogens with one attached hydrogen (secondary N) is 1. The summed E-state index contributed by atoms with van der Waals surface area (Å²) in [7, 11) is 0. The molecule has 1 aliphatic carbocycles. The van der Waals surface area contributed by atoms with E-state index in [4.69, 9.17) is 4.74 Å². The van der Waals surface area contributed by atoms with E-state index in [0.717, 1.165) is 5.56 Å². The predicted molar refractivity (Wildman–Crippen MR) is 106 cm³/mol. The highest BCUT2D eigenvalue weighted by atomic mass is 16.5. The van der Waals surface area contributed by atoms with E-state index in [2.05, 4.69) is 5.32 Å². The molecule has 28 heavy (non-hydrogen) atoms. The fourth-order valence-electron chi connectivity index (χ4n) is 3.12. The lowest BCUT2D eigenvalue weighted by Crippen LogP contribution is -2.24. The molecule has 0 spiro atoms. The van der Waals surface area contributed by atoms with E-state index in [1.807, 2.05) is 30.3 Å². The topological polar surface area (TPSA) is 72.5 Å². The van der Waals surface area contributed by atoms with Crippen LogP contribution in [0.25, 0.3) is 5.57 Å². The normalized spacial score (nSPS) is 14.0. The van der Waals surface area contributed by atoms with Crippen LogP contribution >= 0.6 is 0 Å². The van der Waals surface area contributed by atoms with E-state index >= 15 is 0 Å². The lowest BCUT2D eigenvalue weighted by atomic mass is 9.85. The molecule has 1 aliphatic rings. The molecule has 5 nitrogen and oxygen atoms in total. The van der Waals surface area contributed by atoms with Gasteiger partial charge in [0, 0.05) is 23.4 Å². The first-order valence-corrected chi connectivity index (χ1v) is 9.08. The van der Waals surface area contributed by atoms with Gasteiger partial charge in [0.2, 0.25) is 11.6 Å². The van der Waals surface area contributed by atoms with Crippen LogP contribution in [0.3, 0.4) is 0 Å². The standard InChI is InChI=1S/C23H21NO4/c1-3-28-23(27)21(15(2)24-14-16-9-5-4-6-10-16)19-13-20(25)22(26)18-12-8-7-11-17(18)19/h4-13,24H,3,14H2,1-2H3/b21-15-. The summed E-state index contributed by atoms with van der Waals surface area (Å²) in [5, 5.41) is 3.23. The SMILES string of the molecule is CCOC(=O)/C(C1=CC(=O)C(=O)c2ccccc21)=C(/C)NCc1ccccc1. The summed E-state index contributed by atoms with van der Waals surface area (Å²) in [5.74, 6) is -1.76. The van der Waals surface area contributed by atoms with Gasteiger partial charge in [-0.1, -0.05) is 54.6 Å². The van der Waals surface area contributed by atoms with Gasteiger partial charge in [-0.3, -0.25) is 9.59 Å². The minimum Gasteiger partial charge on any atom is -0.462 e. The Labute approximate surface area is 163 Å². The Bertz CT molecular complexity index is 987. The van der Waals surface area contributed by atoms with Gasteiger partial charge >= 0.3 is 5.97 Å². The van der Waals surface area contributed by atoms with Crippen molar-refractivity contribution in [2.75, 3.05) is 6.61 Å². The second-order valence-corrected chi connectivity index (χ2v) is 6.36. The third-order valence-electron chi connectivity index (χ3n) is 4.49. The number of benzene rings is 2. The molecule has 0 atom stereocenters. The zero-order chi connectivity index (χ0) is 20.1. The van der Waals surface area contributed by atoms with Crippen LogP contribution in [0, 0.1) is 0 Å². The van der Waals surface area contributed by atoms with E-state index < -0.39 is 17.5 Å². The molecule has 0 fully saturated rings. The van der Waals surface area contributed by atoms with Crippen LogP contribution < -0.4 is 5.32 Å². The monoisotopic (exact) mass is 375 g/mol. The van der Waals surface area contributed by atoms with Crippen molar-refractivity contribution >= 4 is 23.1 Å². The first-order valence-electron chi connectivity index (χ1n) is 9.08. The summed E-state index contributed by atoms with van der Waals surface area (Å²) in [6, 6.07) is 16.5. The van der Waals surface area contributed by atoms with Crippen LogP contribution in [0.1, 0.15) is 35.3 Å². The number of ketones is 2. The summed E-state index contributed by atoms with van der Waals surface area (Å²) in [5.41, 5.74) is 3.13. The average molecular weight is 375 g/mol. The van der Waals surface area contributed by atoms with Crippen molar-refractivity contribution in [1.29, 1.82) is 0 Å². The van der Waals surface area contributed by atoms with Gasteiger partial charge < -0.3 is 10.1 Å². The zero-order valence-corrected chi connectivity index (χ0v) is 15.8. The molecular formula is C23H21NO4. The summed E-state index contributed by atoms with van der Waals surface area (Å²) < 4.78 is 5.23. The molecule has 2 aromatic carbocycles. The predicted octanol–water partition coefficient (Wildman–Crippen LogP) is 3.46. The van der Waals surface area contributed by atoms with Gasteiger partial charge in [-0.05, 0) is 31.1 Å². The van der Waals surface area contributed by atoms with Gasteiger partial charge in [-0.25, -0.2) is 4.79 Å². The molecule has 2 aromatic rings. The maximum absolute atomic E-state index is 12.7. The van der Waals surface area contributed by atoms with Crippen molar-refractivity contribution in [3.8, 4) is 0 Å². The number of hydrogen-bond donors (Lipinski definition) is 1. The maximum atomic E-state index is 12.7. The van der Waals surface area contributed by atoms with Gasteiger partial charge in [0.15, 0.2) is 0 Å². The summed E-state index contributed by atoms with van der Waals surface area (Å²) in [4.78, 5) is 37.2. The van der Waals surface area contributed by atoms with E-state index in [0.29, 0.717) is 28.9 Å². The highest BCUT2D eigenvalue weighted by Gasteiger charge is 2.30. The van der Waals surface area contributed by atoms with Crippen molar-refractivity contribution < 1.29 is 19.1 Å². The van der Waals surface area contributed by atoms with Gasteiger partial charge in [-0.2, -0.15) is 0 Å². The molecule has 0 bridgehead atoms. The number of rotatable bonds is 6. The van der Waals surface area contributed by atoms with Gasteiger partial charge in [0.1, 0.15) is 0 Å². The molecule has 0 unspecified atom stereocenters. The van der Waals surface area contributed by atoms with Gasteiger partial charge in [-0.15, -0.1) is 0 Å². The largest absolute Gasteiger partial charge is 0.462 e. The molecule has 0 heterocycles. The highest BCUT2D eigenvalue weighted by Crippen LogP contribution is 2.32. The number of esters is 1. The maximum Gasteiger partial charge on any atom is 0.340 e. The second-order valence-electron chi connectivity index (χ2n) is 6.36. The molecule has 0 radical (unpaired) electrons. The van der Waals surface area contributed by atoms with E-state index in [1.54, 1.807) is 38.1 Å². The lowest BCUT2D eigenvalue weighted by molar-refractivity contribution is -0.138. The number of carbonyl (C=O) groups is 3. The van der Waals surface area contributed by atoms with Crippen LogP contribution in [0.4, 0.5) is 0 Å². The van der Waals surface area contributed by atoms with Crippen LogP contribution in [-0.4, -0.2) is 24.1 Å². The minimum atomic E-state index is -0.647. The molecule has 1 N–H and O–H groups in total. The molecule has 0 saturated carbocycles. The van der Waals surface area contributed by atoms with E-state index in [-0.39, 0.29) is 12.2 Å². The number of allylic oxidation sites excluding steroid dienone is 2. The van der Waals surface area contributed by atoms with Crippen LogP contribution in [0.5, 0.6) is 0 Å². The van der Waals surface area contributed by atoms with Gasteiger partial charge in [0.25, 0.3) is 0 Å². The summed E-state index contributed by atoms with van der Waals surface area (Å²) in [6.07, 6.45) is 1.23. The highest BCUT2D eigenvalue weighted by molar-refractivity contribution is 6.51. The fraction of sp³-hybridized carbons (Fsp3) is 0.174. The van der Waals surface area contributed by atoms with Crippen LogP contribution in [0.15, 0.2) is 71.9 Å². The van der Waals surface area contributed by atoms with Crippen LogP contribution in [-0.2, 0) is 20.9 Å². The number of ether oxygens (including phenoxy) is 1. The molecule has 142 valence electrons. The van der Waals surface area contributed by atoms with Crippen molar-refractivity contribution in [2.24, 2.45) is 0 Å². The Hall–Kier alpha value is -3.47. The van der Waals surface area contributed by atoms with Crippen molar-refractivity contribution in [2.45, 2.75) is 20.4 Å². The number of carbonyl (C=O) groups excluding carboxylic acids is 3. The quantitative estimate of drug-likeness (QED) is 0.476. The van der Waals surface area contributed by atoms with Crippen molar-refractivity contribution in [1.82, 2.24) is 5.32 Å². The average Bonchev–Trinajstić information content (AvgIpc) is 2.71. The molecule has 0 aromatic heterocycles. The Kier molecular flexibility index (Phi) is 5.84. The Morgan fingerprint density at radius 1 is 0.964 bits per heavy atom. The fourth-order valence-corrected chi connectivity index (χ4v) is 3.12. The third kappa shape index (κ3) is 3.93. The number of hydrogen-bond acceptors (Lipinski definition) is 5.